The summed E-state index contributed by atoms with van der Waals surface area (Å²) in [6.45, 7) is 9.22. The zero-order valence-electron chi connectivity index (χ0n) is 16.5. The first kappa shape index (κ1) is 20.8. The first-order valence-corrected chi connectivity index (χ1v) is 8.97. The van der Waals surface area contributed by atoms with Gasteiger partial charge in [-0.15, -0.1) is 0 Å². The highest BCUT2D eigenvalue weighted by Crippen LogP contribution is 2.37. The highest BCUT2D eigenvalue weighted by Gasteiger charge is 2.51. The molecule has 3 rings (SSSR count). The van der Waals surface area contributed by atoms with Crippen LogP contribution in [0.3, 0.4) is 0 Å². The van der Waals surface area contributed by atoms with Crippen molar-refractivity contribution in [1.29, 1.82) is 0 Å². The quantitative estimate of drug-likeness (QED) is 0.809. The van der Waals surface area contributed by atoms with Crippen molar-refractivity contribution in [2.45, 2.75) is 57.6 Å². The van der Waals surface area contributed by atoms with Crippen LogP contribution in [0.5, 0.6) is 0 Å². The first-order chi connectivity index (χ1) is 12.7. The second kappa shape index (κ2) is 6.57. The minimum absolute atomic E-state index is 0.0780. The molecule has 1 atom stereocenters. The second-order valence-electron chi connectivity index (χ2n) is 8.19. The molecular weight excluding hydrogens is 370 g/mol. The molecule has 1 fully saturated rings. The SMILES string of the molecule is CC(O)(c1ccc(B2OC(C)(C)C(C)(C)O2)cc1)c1cccc(C(F)(F)F)n1. The number of nitrogens with zero attached hydrogens (tertiary/aromatic N) is 1. The van der Waals surface area contributed by atoms with Gasteiger partial charge in [0.2, 0.25) is 0 Å². The van der Waals surface area contributed by atoms with Gasteiger partial charge in [-0.05, 0) is 57.8 Å². The highest BCUT2D eigenvalue weighted by molar-refractivity contribution is 6.62. The average Bonchev–Trinajstić information content (AvgIpc) is 2.82. The molecule has 2 aromatic rings. The topological polar surface area (TPSA) is 51.6 Å². The predicted molar refractivity (Wildman–Crippen MR) is 100 cm³/mol. The van der Waals surface area contributed by atoms with Gasteiger partial charge < -0.3 is 14.4 Å². The summed E-state index contributed by atoms with van der Waals surface area (Å²) in [5.74, 6) is 0. The molecule has 1 unspecified atom stereocenters. The summed E-state index contributed by atoms with van der Waals surface area (Å²) in [6.07, 6.45) is -4.58. The number of pyridine rings is 1. The molecule has 0 saturated carbocycles. The lowest BCUT2D eigenvalue weighted by Gasteiger charge is -2.32. The summed E-state index contributed by atoms with van der Waals surface area (Å²) in [5.41, 5.74) is -2.59. The van der Waals surface area contributed by atoms with E-state index < -0.39 is 35.8 Å². The monoisotopic (exact) mass is 393 g/mol. The minimum atomic E-state index is -4.58. The normalized spacial score (nSPS) is 20.8. The Bertz CT molecular complexity index is 848. The number of aromatic nitrogens is 1. The molecule has 8 heteroatoms. The molecule has 1 aromatic carbocycles. The Kier molecular flexibility index (Phi) is 4.89. The van der Waals surface area contributed by atoms with Crippen LogP contribution in [-0.2, 0) is 21.1 Å². The van der Waals surface area contributed by atoms with E-state index in [9.17, 15) is 18.3 Å². The van der Waals surface area contributed by atoms with Gasteiger partial charge in [-0.2, -0.15) is 13.2 Å². The van der Waals surface area contributed by atoms with Crippen LogP contribution in [0.25, 0.3) is 0 Å². The van der Waals surface area contributed by atoms with E-state index in [4.69, 9.17) is 9.31 Å². The van der Waals surface area contributed by atoms with Gasteiger partial charge in [0.15, 0.2) is 0 Å². The number of halogens is 3. The van der Waals surface area contributed by atoms with Crippen molar-refractivity contribution in [3.8, 4) is 0 Å². The van der Waals surface area contributed by atoms with Crippen LogP contribution in [0.1, 0.15) is 51.6 Å². The molecule has 0 aliphatic carbocycles. The zero-order valence-corrected chi connectivity index (χ0v) is 16.5. The van der Waals surface area contributed by atoms with Crippen LogP contribution in [0.15, 0.2) is 42.5 Å². The zero-order chi connectivity index (χ0) is 21.0. The Labute approximate surface area is 162 Å². The van der Waals surface area contributed by atoms with E-state index in [0.717, 1.165) is 11.5 Å². The Morgan fingerprint density at radius 2 is 1.39 bits per heavy atom. The molecule has 1 saturated heterocycles. The fraction of sp³-hybridized carbons (Fsp3) is 0.450. The largest absolute Gasteiger partial charge is 0.494 e. The predicted octanol–water partition coefficient (Wildman–Crippen LogP) is 3.66. The lowest BCUT2D eigenvalue weighted by atomic mass is 9.77. The summed E-state index contributed by atoms with van der Waals surface area (Å²) < 4.78 is 50.8. The van der Waals surface area contributed by atoms with Gasteiger partial charge in [-0.3, -0.25) is 0 Å². The van der Waals surface area contributed by atoms with Gasteiger partial charge in [-0.25, -0.2) is 4.98 Å². The van der Waals surface area contributed by atoms with Gasteiger partial charge in [0.25, 0.3) is 0 Å². The van der Waals surface area contributed by atoms with E-state index in [1.165, 1.54) is 19.1 Å². The van der Waals surface area contributed by atoms with Crippen LogP contribution >= 0.6 is 0 Å². The molecule has 0 bridgehead atoms. The fourth-order valence-corrected chi connectivity index (χ4v) is 2.96. The van der Waals surface area contributed by atoms with Crippen molar-refractivity contribution in [2.75, 3.05) is 0 Å². The first-order valence-electron chi connectivity index (χ1n) is 8.97. The molecule has 28 heavy (non-hydrogen) atoms. The fourth-order valence-electron chi connectivity index (χ4n) is 2.96. The van der Waals surface area contributed by atoms with Crippen LogP contribution in [0.2, 0.25) is 0 Å². The number of hydrogen-bond donors (Lipinski definition) is 1. The van der Waals surface area contributed by atoms with Gasteiger partial charge in [-0.1, -0.05) is 30.3 Å². The minimum Gasteiger partial charge on any atom is -0.399 e. The summed E-state index contributed by atoms with van der Waals surface area (Å²) in [6, 6.07) is 10.2. The van der Waals surface area contributed by atoms with Gasteiger partial charge >= 0.3 is 13.3 Å². The van der Waals surface area contributed by atoms with Crippen LogP contribution < -0.4 is 5.46 Å². The van der Waals surface area contributed by atoms with E-state index in [-0.39, 0.29) is 5.69 Å². The van der Waals surface area contributed by atoms with Crippen LogP contribution in [0, 0.1) is 0 Å². The number of benzene rings is 1. The van der Waals surface area contributed by atoms with Crippen molar-refractivity contribution in [2.24, 2.45) is 0 Å². The molecule has 0 spiro atoms. The van der Waals surface area contributed by atoms with Crippen molar-refractivity contribution >= 4 is 12.6 Å². The smallest absolute Gasteiger partial charge is 0.399 e. The maximum atomic E-state index is 12.9. The van der Waals surface area contributed by atoms with Gasteiger partial charge in [0.1, 0.15) is 11.3 Å². The van der Waals surface area contributed by atoms with Crippen LogP contribution in [0.4, 0.5) is 13.2 Å². The van der Waals surface area contributed by atoms with E-state index in [1.807, 2.05) is 27.7 Å². The van der Waals surface area contributed by atoms with Gasteiger partial charge in [0, 0.05) is 0 Å². The Balaban J connectivity index is 1.87. The Hall–Kier alpha value is -1.90. The summed E-state index contributed by atoms with van der Waals surface area (Å²) in [5, 5.41) is 10.9. The van der Waals surface area contributed by atoms with Crippen molar-refractivity contribution in [1.82, 2.24) is 4.98 Å². The van der Waals surface area contributed by atoms with E-state index in [2.05, 4.69) is 4.98 Å². The summed E-state index contributed by atoms with van der Waals surface area (Å²) in [7, 11) is -0.560. The number of rotatable bonds is 3. The van der Waals surface area contributed by atoms with E-state index in [1.54, 1.807) is 24.3 Å². The molecule has 0 amide bonds. The molecule has 1 aliphatic heterocycles. The van der Waals surface area contributed by atoms with Crippen molar-refractivity contribution in [3.05, 3.63) is 59.4 Å². The average molecular weight is 393 g/mol. The van der Waals surface area contributed by atoms with E-state index >= 15 is 0 Å². The molecule has 1 aromatic heterocycles. The molecule has 150 valence electrons. The number of alkyl halides is 3. The molecule has 0 radical (unpaired) electrons. The Morgan fingerprint density at radius 1 is 0.893 bits per heavy atom. The van der Waals surface area contributed by atoms with E-state index in [0.29, 0.717) is 5.56 Å². The standard InChI is InChI=1S/C20H23BF3NO3/c1-17(2)18(3,4)28-21(27-17)14-11-9-13(10-12-14)19(5,26)15-7-6-8-16(25-15)20(22,23)24/h6-12,26H,1-5H3. The van der Waals surface area contributed by atoms with Gasteiger partial charge in [0.05, 0.1) is 16.9 Å². The lowest BCUT2D eigenvalue weighted by molar-refractivity contribution is -0.141. The molecule has 1 aliphatic rings. The molecule has 2 heterocycles. The molecule has 4 nitrogen and oxygen atoms in total. The number of hydrogen-bond acceptors (Lipinski definition) is 4. The highest BCUT2D eigenvalue weighted by atomic mass is 19.4. The third-order valence-electron chi connectivity index (χ3n) is 5.54. The summed E-state index contributed by atoms with van der Waals surface area (Å²) in [4.78, 5) is 3.61. The van der Waals surface area contributed by atoms with Crippen molar-refractivity contribution < 1.29 is 27.6 Å². The Morgan fingerprint density at radius 3 is 1.89 bits per heavy atom. The third kappa shape index (κ3) is 3.68. The summed E-state index contributed by atoms with van der Waals surface area (Å²) >= 11 is 0. The molecule has 1 N–H and O–H groups in total. The molecular formula is C20H23BF3NO3. The maximum Gasteiger partial charge on any atom is 0.494 e. The third-order valence-corrected chi connectivity index (χ3v) is 5.54. The second-order valence-corrected chi connectivity index (χ2v) is 8.19. The lowest BCUT2D eigenvalue weighted by Crippen LogP contribution is -2.41. The van der Waals surface area contributed by atoms with Crippen molar-refractivity contribution in [3.63, 3.8) is 0 Å². The number of aliphatic hydroxyl groups is 1. The maximum absolute atomic E-state index is 12.9. The van der Waals surface area contributed by atoms with Crippen LogP contribution in [-0.4, -0.2) is 28.4 Å².